The number of hydrogen-bond donors (Lipinski definition) is 2. The van der Waals surface area contributed by atoms with E-state index in [2.05, 4.69) is 25.5 Å². The van der Waals surface area contributed by atoms with Crippen molar-refractivity contribution in [2.24, 2.45) is 0 Å². The number of nitrogens with one attached hydrogen (secondary N) is 2. The van der Waals surface area contributed by atoms with Crippen molar-refractivity contribution in [3.63, 3.8) is 0 Å². The Morgan fingerprint density at radius 1 is 1.00 bits per heavy atom. The third-order valence-electron chi connectivity index (χ3n) is 7.17. The summed E-state index contributed by atoms with van der Waals surface area (Å²) in [6, 6.07) is 16.4. The average Bonchev–Trinajstić information content (AvgIpc) is 3.56. The molecule has 1 unspecified atom stereocenters. The van der Waals surface area contributed by atoms with Gasteiger partial charge in [0.15, 0.2) is 11.5 Å². The van der Waals surface area contributed by atoms with Gasteiger partial charge >= 0.3 is 6.03 Å². The fourth-order valence-corrected chi connectivity index (χ4v) is 5.10. The fourth-order valence-electron chi connectivity index (χ4n) is 5.10. The molecule has 2 aliphatic rings. The molecule has 2 N–H and O–H groups in total. The number of para-hydroxylation sites is 1. The molecule has 2 aromatic carbocycles. The first-order chi connectivity index (χ1) is 20.5. The maximum atomic E-state index is 13.3. The number of amides is 3. The summed E-state index contributed by atoms with van der Waals surface area (Å²) >= 11 is 0. The third-order valence-corrected chi connectivity index (χ3v) is 7.17. The molecule has 2 aliphatic heterocycles. The Morgan fingerprint density at radius 2 is 1.83 bits per heavy atom. The minimum absolute atomic E-state index is 0.134. The Balaban J connectivity index is 1.19. The number of anilines is 2. The van der Waals surface area contributed by atoms with Crippen LogP contribution in [0.25, 0.3) is 5.95 Å². The van der Waals surface area contributed by atoms with Crippen molar-refractivity contribution >= 4 is 23.4 Å². The van der Waals surface area contributed by atoms with E-state index in [1.165, 1.54) is 0 Å². The molecular formula is C30H32N8O4. The van der Waals surface area contributed by atoms with Crippen LogP contribution in [0.2, 0.25) is 0 Å². The van der Waals surface area contributed by atoms with Gasteiger partial charge in [0.05, 0.1) is 6.04 Å². The molecule has 2 aromatic heterocycles. The van der Waals surface area contributed by atoms with E-state index in [1.54, 1.807) is 28.2 Å². The van der Waals surface area contributed by atoms with Crippen LogP contribution in [-0.2, 0) is 11.3 Å². The molecule has 1 saturated heterocycles. The second-order valence-electron chi connectivity index (χ2n) is 10.2. The topological polar surface area (TPSA) is 127 Å². The van der Waals surface area contributed by atoms with Crippen LogP contribution in [0, 0.1) is 6.92 Å². The lowest BCUT2D eigenvalue weighted by Crippen LogP contribution is -2.57. The Hall–Kier alpha value is -5.13. The number of rotatable bonds is 7. The summed E-state index contributed by atoms with van der Waals surface area (Å²) in [4.78, 5) is 43.7. The molecular weight excluding hydrogens is 536 g/mol. The largest absolute Gasteiger partial charge is 0.486 e. The zero-order chi connectivity index (χ0) is 28.9. The summed E-state index contributed by atoms with van der Waals surface area (Å²) in [6.07, 6.45) is 5.27. The predicted octanol–water partition coefficient (Wildman–Crippen LogP) is 3.17. The van der Waals surface area contributed by atoms with Gasteiger partial charge in [-0.25, -0.2) is 14.8 Å². The van der Waals surface area contributed by atoms with E-state index in [9.17, 15) is 9.59 Å². The summed E-state index contributed by atoms with van der Waals surface area (Å²) < 4.78 is 13.0. The highest BCUT2D eigenvalue weighted by Gasteiger charge is 2.32. The molecule has 4 heterocycles. The number of benzene rings is 2. The lowest BCUT2D eigenvalue weighted by Gasteiger charge is -2.42. The Labute approximate surface area is 243 Å². The van der Waals surface area contributed by atoms with Crippen molar-refractivity contribution in [1.82, 2.24) is 29.7 Å². The van der Waals surface area contributed by atoms with Gasteiger partial charge in [-0.2, -0.15) is 4.98 Å². The molecule has 4 aromatic rings. The monoisotopic (exact) mass is 568 g/mol. The van der Waals surface area contributed by atoms with Crippen molar-refractivity contribution in [2.45, 2.75) is 25.9 Å². The summed E-state index contributed by atoms with van der Waals surface area (Å²) in [5.74, 6) is 2.44. The number of hydrogen-bond acceptors (Lipinski definition) is 8. The van der Waals surface area contributed by atoms with E-state index in [4.69, 9.17) is 14.5 Å². The van der Waals surface area contributed by atoms with Crippen molar-refractivity contribution in [3.8, 4) is 17.4 Å². The molecule has 12 heteroatoms. The van der Waals surface area contributed by atoms with Gasteiger partial charge in [0.2, 0.25) is 11.9 Å². The smallest absolute Gasteiger partial charge is 0.321 e. The first-order valence-corrected chi connectivity index (χ1v) is 13.9. The van der Waals surface area contributed by atoms with Gasteiger partial charge in [0.25, 0.3) is 0 Å². The Kier molecular flexibility index (Phi) is 7.84. The van der Waals surface area contributed by atoms with Crippen molar-refractivity contribution in [2.75, 3.05) is 43.1 Å². The minimum Gasteiger partial charge on any atom is -0.486 e. The number of carbonyl (C=O) groups is 2. The number of aryl methyl sites for hydroxylation is 1. The van der Waals surface area contributed by atoms with Crippen LogP contribution in [0.3, 0.4) is 0 Å². The normalized spacial score (nSPS) is 16.2. The molecule has 1 fully saturated rings. The summed E-state index contributed by atoms with van der Waals surface area (Å²) in [6.45, 7) is 4.60. The highest BCUT2D eigenvalue weighted by Crippen LogP contribution is 2.30. The van der Waals surface area contributed by atoms with Crippen molar-refractivity contribution in [1.29, 1.82) is 0 Å². The standard InChI is InChI=1S/C30H32N8O4/c1-21-15-27(35-29(33-21)37-10-9-31-20-37)38-12-11-36(30(40)34-23-5-3-2-4-6-23)19-24(38)17-28(39)32-18-22-7-8-25-26(16-22)42-14-13-41-25/h2-10,15-16,20,24H,11-14,17-19H2,1H3,(H,32,39)(H,34,40). The second-order valence-corrected chi connectivity index (χ2v) is 10.2. The molecule has 0 aliphatic carbocycles. The van der Waals surface area contributed by atoms with Crippen LogP contribution in [0.5, 0.6) is 11.5 Å². The Bertz CT molecular complexity index is 1550. The number of piperazine rings is 1. The molecule has 0 bridgehead atoms. The van der Waals surface area contributed by atoms with Crippen LogP contribution in [0.1, 0.15) is 17.7 Å². The zero-order valence-corrected chi connectivity index (χ0v) is 23.3. The molecule has 0 radical (unpaired) electrons. The summed E-state index contributed by atoms with van der Waals surface area (Å²) in [7, 11) is 0. The number of ether oxygens (including phenoxy) is 2. The molecule has 12 nitrogen and oxygen atoms in total. The first kappa shape index (κ1) is 27.1. The van der Waals surface area contributed by atoms with E-state index in [0.29, 0.717) is 62.7 Å². The molecule has 3 amide bonds. The average molecular weight is 569 g/mol. The fraction of sp³-hybridized carbons (Fsp3) is 0.300. The number of urea groups is 1. The van der Waals surface area contributed by atoms with Gasteiger partial charge < -0.3 is 29.9 Å². The number of imidazole rings is 1. The lowest BCUT2D eigenvalue weighted by molar-refractivity contribution is -0.121. The highest BCUT2D eigenvalue weighted by molar-refractivity contribution is 5.89. The van der Waals surface area contributed by atoms with E-state index < -0.39 is 0 Å². The molecule has 42 heavy (non-hydrogen) atoms. The maximum Gasteiger partial charge on any atom is 0.321 e. The van der Waals surface area contributed by atoms with Crippen LogP contribution >= 0.6 is 0 Å². The van der Waals surface area contributed by atoms with E-state index in [1.807, 2.05) is 61.5 Å². The van der Waals surface area contributed by atoms with E-state index >= 15 is 0 Å². The minimum atomic E-state index is -0.314. The quantitative estimate of drug-likeness (QED) is 0.348. The SMILES string of the molecule is Cc1cc(N2CCN(C(=O)Nc3ccccc3)CC2CC(=O)NCc2ccc3c(c2)OCCO3)nc(-n2ccnc2)n1. The number of fused-ring (bicyclic) bond motifs is 1. The number of nitrogens with zero attached hydrogens (tertiary/aromatic N) is 6. The van der Waals surface area contributed by atoms with Gasteiger partial charge in [-0.15, -0.1) is 0 Å². The van der Waals surface area contributed by atoms with Gasteiger partial charge in [-0.1, -0.05) is 24.3 Å². The van der Waals surface area contributed by atoms with Crippen molar-refractivity contribution in [3.05, 3.63) is 84.6 Å². The zero-order valence-electron chi connectivity index (χ0n) is 23.3. The van der Waals surface area contributed by atoms with Crippen LogP contribution < -0.4 is 25.0 Å². The highest BCUT2D eigenvalue weighted by atomic mass is 16.6. The van der Waals surface area contributed by atoms with Crippen LogP contribution in [0.15, 0.2) is 73.3 Å². The second kappa shape index (κ2) is 12.2. The summed E-state index contributed by atoms with van der Waals surface area (Å²) in [5, 5.41) is 5.99. The van der Waals surface area contributed by atoms with Gasteiger partial charge in [-0.05, 0) is 36.8 Å². The summed E-state index contributed by atoms with van der Waals surface area (Å²) in [5.41, 5.74) is 2.41. The predicted molar refractivity (Wildman–Crippen MR) is 156 cm³/mol. The molecule has 0 saturated carbocycles. The number of carbonyl (C=O) groups excluding carboxylic acids is 2. The van der Waals surface area contributed by atoms with Crippen molar-refractivity contribution < 1.29 is 19.1 Å². The van der Waals surface area contributed by atoms with Crippen LogP contribution in [0.4, 0.5) is 16.3 Å². The molecule has 6 rings (SSSR count). The Morgan fingerprint density at radius 3 is 2.64 bits per heavy atom. The van der Waals surface area contributed by atoms with Gasteiger partial charge in [0, 0.05) is 62.4 Å². The van der Waals surface area contributed by atoms with E-state index in [0.717, 1.165) is 16.9 Å². The molecule has 0 spiro atoms. The molecule has 1 atom stereocenters. The third kappa shape index (κ3) is 6.27. The maximum absolute atomic E-state index is 13.3. The lowest BCUT2D eigenvalue weighted by atomic mass is 10.1. The van der Waals surface area contributed by atoms with Gasteiger partial charge in [-0.3, -0.25) is 9.36 Å². The molecule has 216 valence electrons. The van der Waals surface area contributed by atoms with Crippen LogP contribution in [-0.4, -0.2) is 75.2 Å². The van der Waals surface area contributed by atoms with Gasteiger partial charge in [0.1, 0.15) is 25.4 Å². The first-order valence-electron chi connectivity index (χ1n) is 13.9. The van der Waals surface area contributed by atoms with E-state index in [-0.39, 0.29) is 24.4 Å². The number of aromatic nitrogens is 4.